The fraction of sp³-hybridized carbons (Fsp3) is 1.00. The van der Waals surface area contributed by atoms with Gasteiger partial charge in [0.15, 0.2) is 0 Å². The monoisotopic (exact) mass is 282 g/mol. The molecule has 120 valence electrons. The molecule has 0 aliphatic carbocycles. The molecule has 0 bridgehead atoms. The van der Waals surface area contributed by atoms with Crippen molar-refractivity contribution < 1.29 is 0 Å². The third-order valence-corrected chi connectivity index (χ3v) is 4.88. The zero-order valence-electron chi connectivity index (χ0n) is 14.1. The lowest BCUT2D eigenvalue weighted by Crippen LogP contribution is -2.46. The van der Waals surface area contributed by atoms with Crippen LogP contribution < -0.4 is 5.73 Å². The smallest absolute Gasteiger partial charge is 0.00889 e. The minimum absolute atomic E-state index is 0.443. The quantitative estimate of drug-likeness (QED) is 0.562. The van der Waals surface area contributed by atoms with Gasteiger partial charge in [0.25, 0.3) is 0 Å². The van der Waals surface area contributed by atoms with Crippen LogP contribution in [0.25, 0.3) is 0 Å². The topological polar surface area (TPSA) is 29.3 Å². The molecule has 0 aromatic carbocycles. The first-order chi connectivity index (χ1) is 9.74. The zero-order chi connectivity index (χ0) is 14.6. The van der Waals surface area contributed by atoms with Gasteiger partial charge in [-0.2, -0.15) is 0 Å². The van der Waals surface area contributed by atoms with Crippen LogP contribution in [0.15, 0.2) is 0 Å². The van der Waals surface area contributed by atoms with Crippen molar-refractivity contribution in [2.45, 2.75) is 90.5 Å². The molecule has 2 heteroatoms. The Labute approximate surface area is 127 Å². The summed E-state index contributed by atoms with van der Waals surface area (Å²) in [5, 5.41) is 0. The van der Waals surface area contributed by atoms with Crippen LogP contribution in [0.2, 0.25) is 0 Å². The van der Waals surface area contributed by atoms with Gasteiger partial charge >= 0.3 is 0 Å². The van der Waals surface area contributed by atoms with Gasteiger partial charge in [0, 0.05) is 12.6 Å². The van der Waals surface area contributed by atoms with Crippen LogP contribution in [0.5, 0.6) is 0 Å². The van der Waals surface area contributed by atoms with Crippen molar-refractivity contribution >= 4 is 0 Å². The van der Waals surface area contributed by atoms with Crippen LogP contribution in [0, 0.1) is 5.92 Å². The van der Waals surface area contributed by atoms with Crippen LogP contribution in [0.1, 0.15) is 84.5 Å². The van der Waals surface area contributed by atoms with E-state index in [-0.39, 0.29) is 0 Å². The lowest BCUT2D eigenvalue weighted by atomic mass is 9.94. The molecule has 2 atom stereocenters. The number of nitrogens with zero attached hydrogens (tertiary/aromatic N) is 1. The fourth-order valence-corrected chi connectivity index (χ4v) is 3.28. The molecule has 1 aliphatic heterocycles. The minimum atomic E-state index is 0.443. The van der Waals surface area contributed by atoms with E-state index in [9.17, 15) is 0 Å². The molecule has 0 amide bonds. The Bertz CT molecular complexity index is 217. The van der Waals surface area contributed by atoms with Crippen molar-refractivity contribution in [2.24, 2.45) is 11.7 Å². The zero-order valence-corrected chi connectivity index (χ0v) is 14.1. The van der Waals surface area contributed by atoms with Crippen LogP contribution in [0.3, 0.4) is 0 Å². The van der Waals surface area contributed by atoms with Crippen molar-refractivity contribution in [3.63, 3.8) is 0 Å². The molecule has 0 saturated carbocycles. The lowest BCUT2D eigenvalue weighted by molar-refractivity contribution is 0.162. The molecule has 0 aromatic rings. The Hall–Kier alpha value is -0.0800. The standard InChI is InChI=1S/C18H38N2/c1-3-4-5-6-7-8-9-10-11-12-14-20-15-13-18(19)17(2)16-20/h17-18H,3-16,19H2,1-2H3. The van der Waals surface area contributed by atoms with Gasteiger partial charge in [0.1, 0.15) is 0 Å². The van der Waals surface area contributed by atoms with Crippen LogP contribution >= 0.6 is 0 Å². The van der Waals surface area contributed by atoms with Gasteiger partial charge in [-0.25, -0.2) is 0 Å². The maximum Gasteiger partial charge on any atom is 0.00889 e. The highest BCUT2D eigenvalue weighted by Crippen LogP contribution is 2.16. The first-order valence-corrected chi connectivity index (χ1v) is 9.22. The molecule has 2 nitrogen and oxygen atoms in total. The molecule has 1 heterocycles. The van der Waals surface area contributed by atoms with E-state index in [1.165, 1.54) is 90.3 Å². The highest BCUT2D eigenvalue weighted by atomic mass is 15.1. The molecule has 1 fully saturated rings. The summed E-state index contributed by atoms with van der Waals surface area (Å²) in [5.41, 5.74) is 6.07. The SMILES string of the molecule is CCCCCCCCCCCCN1CCC(N)C(C)C1. The van der Waals surface area contributed by atoms with Crippen molar-refractivity contribution in [1.29, 1.82) is 0 Å². The predicted octanol–water partition coefficient (Wildman–Crippen LogP) is 4.58. The molecule has 0 aromatic heterocycles. The summed E-state index contributed by atoms with van der Waals surface area (Å²) >= 11 is 0. The highest BCUT2D eigenvalue weighted by molar-refractivity contribution is 4.79. The summed E-state index contributed by atoms with van der Waals surface area (Å²) in [6, 6.07) is 0.443. The summed E-state index contributed by atoms with van der Waals surface area (Å²) in [4.78, 5) is 2.62. The Kier molecular flexibility index (Phi) is 10.4. The van der Waals surface area contributed by atoms with Gasteiger partial charge in [0.2, 0.25) is 0 Å². The van der Waals surface area contributed by atoms with E-state index in [1.807, 2.05) is 0 Å². The van der Waals surface area contributed by atoms with Crippen molar-refractivity contribution in [3.8, 4) is 0 Å². The van der Waals surface area contributed by atoms with E-state index < -0.39 is 0 Å². The second kappa shape index (κ2) is 11.6. The van der Waals surface area contributed by atoms with Crippen molar-refractivity contribution in [2.75, 3.05) is 19.6 Å². The van der Waals surface area contributed by atoms with E-state index in [0.29, 0.717) is 12.0 Å². The normalized spacial score (nSPS) is 24.1. The van der Waals surface area contributed by atoms with E-state index in [2.05, 4.69) is 18.7 Å². The van der Waals surface area contributed by atoms with Crippen molar-refractivity contribution in [1.82, 2.24) is 4.90 Å². The first-order valence-electron chi connectivity index (χ1n) is 9.22. The number of likely N-dealkylation sites (tertiary alicyclic amines) is 1. The molecule has 20 heavy (non-hydrogen) atoms. The third kappa shape index (κ3) is 8.26. The van der Waals surface area contributed by atoms with Gasteiger partial charge in [-0.3, -0.25) is 0 Å². The van der Waals surface area contributed by atoms with E-state index in [1.54, 1.807) is 0 Å². The molecular formula is C18H38N2. The number of hydrogen-bond donors (Lipinski definition) is 1. The second-order valence-corrected chi connectivity index (χ2v) is 6.91. The number of unbranched alkanes of at least 4 members (excludes halogenated alkanes) is 9. The molecular weight excluding hydrogens is 244 g/mol. The van der Waals surface area contributed by atoms with Crippen LogP contribution in [-0.2, 0) is 0 Å². The molecule has 1 aliphatic rings. The number of nitrogens with two attached hydrogens (primary N) is 1. The van der Waals surface area contributed by atoms with Crippen LogP contribution in [0.4, 0.5) is 0 Å². The van der Waals surface area contributed by atoms with E-state index in [4.69, 9.17) is 5.73 Å². The average molecular weight is 283 g/mol. The molecule has 2 unspecified atom stereocenters. The second-order valence-electron chi connectivity index (χ2n) is 6.91. The van der Waals surface area contributed by atoms with E-state index in [0.717, 1.165) is 0 Å². The van der Waals surface area contributed by atoms with Gasteiger partial charge in [-0.05, 0) is 31.8 Å². The Balaban J connectivity index is 1.83. The van der Waals surface area contributed by atoms with E-state index >= 15 is 0 Å². The average Bonchev–Trinajstić information content (AvgIpc) is 2.45. The van der Waals surface area contributed by atoms with Gasteiger partial charge < -0.3 is 10.6 Å². The van der Waals surface area contributed by atoms with Gasteiger partial charge in [-0.15, -0.1) is 0 Å². The largest absolute Gasteiger partial charge is 0.327 e. The minimum Gasteiger partial charge on any atom is -0.327 e. The summed E-state index contributed by atoms with van der Waals surface area (Å²) in [6.07, 6.45) is 15.5. The Morgan fingerprint density at radius 2 is 1.45 bits per heavy atom. The Morgan fingerprint density at radius 3 is 2.00 bits per heavy atom. The Morgan fingerprint density at radius 1 is 0.900 bits per heavy atom. The molecule has 1 saturated heterocycles. The third-order valence-electron chi connectivity index (χ3n) is 4.88. The van der Waals surface area contributed by atoms with Crippen LogP contribution in [-0.4, -0.2) is 30.6 Å². The van der Waals surface area contributed by atoms with Crippen molar-refractivity contribution in [3.05, 3.63) is 0 Å². The fourth-order valence-electron chi connectivity index (χ4n) is 3.28. The highest BCUT2D eigenvalue weighted by Gasteiger charge is 2.22. The summed E-state index contributed by atoms with van der Waals surface area (Å²) in [5.74, 6) is 0.687. The molecule has 2 N–H and O–H groups in total. The summed E-state index contributed by atoms with van der Waals surface area (Å²) < 4.78 is 0. The van der Waals surface area contributed by atoms with Gasteiger partial charge in [-0.1, -0.05) is 71.6 Å². The summed E-state index contributed by atoms with van der Waals surface area (Å²) in [6.45, 7) is 8.33. The maximum absolute atomic E-state index is 6.07. The summed E-state index contributed by atoms with van der Waals surface area (Å²) in [7, 11) is 0. The number of piperidine rings is 1. The van der Waals surface area contributed by atoms with Gasteiger partial charge in [0.05, 0.1) is 0 Å². The molecule has 0 radical (unpaired) electrons. The number of hydrogen-bond acceptors (Lipinski definition) is 2. The molecule has 0 spiro atoms. The molecule has 1 rings (SSSR count). The maximum atomic E-state index is 6.07. The lowest BCUT2D eigenvalue weighted by Gasteiger charge is -2.35. The number of rotatable bonds is 11. The predicted molar refractivity (Wildman–Crippen MR) is 90.0 cm³/mol. The first kappa shape index (κ1) is 18.0.